The molecule has 0 radical (unpaired) electrons. The minimum absolute atomic E-state index is 0.0531. The number of aromatic nitrogens is 1. The Morgan fingerprint density at radius 1 is 0.836 bits per heavy atom. The Morgan fingerprint density at radius 2 is 1.55 bits per heavy atom. The molecule has 0 saturated carbocycles. The number of rotatable bonds is 17. The van der Waals surface area contributed by atoms with Crippen LogP contribution in [0.5, 0.6) is 0 Å². The SMILES string of the molecule is CCN(C(=O)[C@H](CCCC(=O)OCc1ccccc1)NC(=O)c1cn(Cc2ccccc2Cl)c2ccccc12)[C@H](CC(N)=O)Cc1ccc2ccccc2c1. The maximum atomic E-state index is 14.6. The zero-order chi connectivity index (χ0) is 38.7. The van der Waals surface area contributed by atoms with Gasteiger partial charge < -0.3 is 25.3 Å². The van der Waals surface area contributed by atoms with Crippen LogP contribution in [0.2, 0.25) is 5.02 Å². The number of nitrogens with two attached hydrogens (primary N) is 1. The third-order valence-electron chi connectivity index (χ3n) is 9.84. The predicted molar refractivity (Wildman–Crippen MR) is 216 cm³/mol. The largest absolute Gasteiger partial charge is 0.461 e. The first-order valence-electron chi connectivity index (χ1n) is 18.6. The Balaban J connectivity index is 1.25. The molecule has 0 aliphatic heterocycles. The second kappa shape index (κ2) is 18.4. The van der Waals surface area contributed by atoms with Gasteiger partial charge in [0.1, 0.15) is 12.6 Å². The molecule has 1 aromatic heterocycles. The molecular formula is C45H45ClN4O5. The molecule has 3 amide bonds. The summed E-state index contributed by atoms with van der Waals surface area (Å²) in [6, 6.07) is 37.0. The summed E-state index contributed by atoms with van der Waals surface area (Å²) in [7, 11) is 0. The molecule has 1 heterocycles. The van der Waals surface area contributed by atoms with Gasteiger partial charge in [0.05, 0.1) is 5.56 Å². The Kier molecular flexibility index (Phi) is 13.0. The highest BCUT2D eigenvalue weighted by atomic mass is 35.5. The molecule has 9 nitrogen and oxygen atoms in total. The maximum Gasteiger partial charge on any atom is 0.306 e. The van der Waals surface area contributed by atoms with Gasteiger partial charge in [0.25, 0.3) is 5.91 Å². The Morgan fingerprint density at radius 3 is 2.31 bits per heavy atom. The molecule has 6 aromatic rings. The van der Waals surface area contributed by atoms with E-state index in [2.05, 4.69) is 11.4 Å². The van der Waals surface area contributed by atoms with Crippen molar-refractivity contribution in [2.24, 2.45) is 5.73 Å². The lowest BCUT2D eigenvalue weighted by Crippen LogP contribution is -2.53. The molecule has 55 heavy (non-hydrogen) atoms. The van der Waals surface area contributed by atoms with E-state index in [0.29, 0.717) is 23.6 Å². The Hall–Kier alpha value is -5.93. The molecule has 0 saturated heterocycles. The zero-order valence-corrected chi connectivity index (χ0v) is 31.6. The molecule has 282 valence electrons. The van der Waals surface area contributed by atoms with Crippen LogP contribution in [0.25, 0.3) is 21.7 Å². The molecule has 0 bridgehead atoms. The molecule has 2 atom stereocenters. The van der Waals surface area contributed by atoms with Crippen molar-refractivity contribution < 1.29 is 23.9 Å². The van der Waals surface area contributed by atoms with Crippen LogP contribution in [0, 0.1) is 0 Å². The Bertz CT molecular complexity index is 2290. The smallest absolute Gasteiger partial charge is 0.306 e. The standard InChI is InChI=1S/C45H45ClN4O5/c1-2-50(36(27-42(47)51)26-32-23-24-33-15-6-7-16-34(33)25-32)45(54)40(20-12-22-43(52)55-30-31-13-4-3-5-14-31)48-44(53)38-29-49(41-21-11-9-18-37(38)41)28-35-17-8-10-19-39(35)46/h3-11,13-19,21,23-25,29,36,40H,2,12,20,22,26-28,30H2,1H3,(H2,47,51)(H,48,53)/t36-,40-/m0/s1. The number of halogens is 1. The third kappa shape index (κ3) is 9.99. The van der Waals surface area contributed by atoms with Gasteiger partial charge in [-0.3, -0.25) is 19.2 Å². The highest BCUT2D eigenvalue weighted by Crippen LogP contribution is 2.26. The van der Waals surface area contributed by atoms with E-state index in [9.17, 15) is 19.2 Å². The van der Waals surface area contributed by atoms with Crippen LogP contribution in [-0.4, -0.2) is 51.8 Å². The number of hydrogen-bond donors (Lipinski definition) is 2. The van der Waals surface area contributed by atoms with E-state index in [-0.39, 0.29) is 44.7 Å². The van der Waals surface area contributed by atoms with Gasteiger partial charge in [0.15, 0.2) is 0 Å². The molecule has 0 spiro atoms. The zero-order valence-electron chi connectivity index (χ0n) is 30.8. The molecule has 10 heteroatoms. The number of primary amides is 1. The number of esters is 1. The van der Waals surface area contributed by atoms with Crippen molar-refractivity contribution in [1.82, 2.24) is 14.8 Å². The number of fused-ring (bicyclic) bond motifs is 2. The number of carbonyl (C=O) groups excluding carboxylic acids is 4. The third-order valence-corrected chi connectivity index (χ3v) is 10.2. The van der Waals surface area contributed by atoms with Gasteiger partial charge in [-0.15, -0.1) is 0 Å². The summed E-state index contributed by atoms with van der Waals surface area (Å²) in [5, 5.41) is 6.49. The van der Waals surface area contributed by atoms with Crippen molar-refractivity contribution in [3.05, 3.63) is 155 Å². The average Bonchev–Trinajstić information content (AvgIpc) is 3.56. The van der Waals surface area contributed by atoms with Gasteiger partial charge in [-0.25, -0.2) is 0 Å². The fourth-order valence-corrected chi connectivity index (χ4v) is 7.28. The van der Waals surface area contributed by atoms with Gasteiger partial charge >= 0.3 is 5.97 Å². The number of amides is 3. The van der Waals surface area contributed by atoms with Gasteiger partial charge in [0.2, 0.25) is 11.8 Å². The number of nitrogens with zero attached hydrogens (tertiary/aromatic N) is 2. The number of carbonyl (C=O) groups is 4. The van der Waals surface area contributed by atoms with Crippen LogP contribution >= 0.6 is 11.6 Å². The number of para-hydroxylation sites is 1. The molecular weight excluding hydrogens is 712 g/mol. The number of hydrogen-bond acceptors (Lipinski definition) is 5. The van der Waals surface area contributed by atoms with E-state index in [1.54, 1.807) is 11.1 Å². The highest BCUT2D eigenvalue weighted by molar-refractivity contribution is 6.31. The van der Waals surface area contributed by atoms with Crippen LogP contribution in [0.4, 0.5) is 0 Å². The van der Waals surface area contributed by atoms with Crippen LogP contribution < -0.4 is 11.1 Å². The van der Waals surface area contributed by atoms with Crippen molar-refractivity contribution in [2.45, 2.75) is 64.3 Å². The van der Waals surface area contributed by atoms with Crippen molar-refractivity contribution >= 4 is 57.0 Å². The van der Waals surface area contributed by atoms with Gasteiger partial charge in [-0.1, -0.05) is 121 Å². The van der Waals surface area contributed by atoms with E-state index < -0.39 is 29.9 Å². The quantitative estimate of drug-likeness (QED) is 0.0919. The second-order valence-electron chi connectivity index (χ2n) is 13.7. The normalized spacial score (nSPS) is 12.3. The van der Waals surface area contributed by atoms with E-state index in [4.69, 9.17) is 22.1 Å². The van der Waals surface area contributed by atoms with E-state index >= 15 is 0 Å². The first kappa shape index (κ1) is 38.8. The number of nitrogens with one attached hydrogen (secondary N) is 1. The minimum Gasteiger partial charge on any atom is -0.461 e. The fourth-order valence-electron chi connectivity index (χ4n) is 7.08. The number of likely N-dealkylation sites (N-methyl/N-ethyl adjacent to an activating group) is 1. The monoisotopic (exact) mass is 756 g/mol. The van der Waals surface area contributed by atoms with Gasteiger partial charge in [-0.2, -0.15) is 0 Å². The van der Waals surface area contributed by atoms with Crippen LogP contribution in [-0.2, 0) is 38.7 Å². The van der Waals surface area contributed by atoms with Gasteiger partial charge in [0, 0.05) is 54.1 Å². The van der Waals surface area contributed by atoms with Crippen LogP contribution in [0.1, 0.15) is 59.7 Å². The van der Waals surface area contributed by atoms with Crippen molar-refractivity contribution in [3.8, 4) is 0 Å². The summed E-state index contributed by atoms with van der Waals surface area (Å²) >= 11 is 6.50. The minimum atomic E-state index is -1.01. The molecule has 0 unspecified atom stereocenters. The Labute approximate surface area is 326 Å². The highest BCUT2D eigenvalue weighted by Gasteiger charge is 2.32. The number of benzene rings is 5. The van der Waals surface area contributed by atoms with Crippen molar-refractivity contribution in [3.63, 3.8) is 0 Å². The summed E-state index contributed by atoms with van der Waals surface area (Å²) in [6.07, 6.45) is 2.60. The van der Waals surface area contributed by atoms with E-state index in [1.165, 1.54) is 0 Å². The van der Waals surface area contributed by atoms with Crippen molar-refractivity contribution in [2.75, 3.05) is 6.54 Å². The summed E-state index contributed by atoms with van der Waals surface area (Å²) in [6.45, 7) is 2.69. The lowest BCUT2D eigenvalue weighted by molar-refractivity contribution is -0.145. The first-order chi connectivity index (χ1) is 26.7. The molecule has 0 aliphatic carbocycles. The predicted octanol–water partition coefficient (Wildman–Crippen LogP) is 7.84. The molecule has 0 aliphatic rings. The summed E-state index contributed by atoms with van der Waals surface area (Å²) in [4.78, 5) is 55.7. The summed E-state index contributed by atoms with van der Waals surface area (Å²) in [5.74, 6) is -1.74. The maximum absolute atomic E-state index is 14.6. The van der Waals surface area contributed by atoms with Crippen LogP contribution in [0.15, 0.2) is 128 Å². The van der Waals surface area contributed by atoms with Crippen molar-refractivity contribution in [1.29, 1.82) is 0 Å². The molecule has 5 aromatic carbocycles. The average molecular weight is 757 g/mol. The topological polar surface area (TPSA) is 124 Å². The molecule has 3 N–H and O–H groups in total. The van der Waals surface area contributed by atoms with Crippen LogP contribution in [0.3, 0.4) is 0 Å². The molecule has 6 rings (SSSR count). The van der Waals surface area contributed by atoms with E-state index in [1.807, 2.05) is 127 Å². The van der Waals surface area contributed by atoms with Gasteiger partial charge in [-0.05, 0) is 65.8 Å². The second-order valence-corrected chi connectivity index (χ2v) is 14.1. The lowest BCUT2D eigenvalue weighted by Gasteiger charge is -2.34. The number of ether oxygens (including phenoxy) is 1. The summed E-state index contributed by atoms with van der Waals surface area (Å²) in [5.41, 5.74) is 9.71. The molecule has 0 fully saturated rings. The first-order valence-corrected chi connectivity index (χ1v) is 19.0. The van der Waals surface area contributed by atoms with E-state index in [0.717, 1.165) is 38.4 Å². The lowest BCUT2D eigenvalue weighted by atomic mass is 9.97. The summed E-state index contributed by atoms with van der Waals surface area (Å²) < 4.78 is 7.46. The fraction of sp³-hybridized carbons (Fsp3) is 0.244.